The summed E-state index contributed by atoms with van der Waals surface area (Å²) in [5, 5.41) is 0. The number of likely N-dealkylation sites (tertiary alicyclic amines) is 1. The topological polar surface area (TPSA) is 57.7 Å². The smallest absolute Gasteiger partial charge is 0.254 e. The molecule has 1 aromatic rings. The zero-order chi connectivity index (χ0) is 19.7. The second-order valence-corrected chi connectivity index (χ2v) is 10.7. The first-order valence-electron chi connectivity index (χ1n) is 9.32. The predicted octanol–water partition coefficient (Wildman–Crippen LogP) is 3.76. The maximum Gasteiger partial charge on any atom is 0.254 e. The SMILES string of the molecule is CC(C)N(C)S(=O)(=O)c1ccc(C(=O)N2CCCC2CC(C)(C)C)cc1. The molecule has 1 saturated heterocycles. The van der Waals surface area contributed by atoms with Gasteiger partial charge >= 0.3 is 0 Å². The molecule has 1 aromatic carbocycles. The van der Waals surface area contributed by atoms with Gasteiger partial charge in [-0.05, 0) is 62.8 Å². The Morgan fingerprint density at radius 1 is 1.23 bits per heavy atom. The highest BCUT2D eigenvalue weighted by Crippen LogP contribution is 2.31. The van der Waals surface area contributed by atoms with Crippen molar-refractivity contribution in [3.05, 3.63) is 29.8 Å². The number of hydrogen-bond acceptors (Lipinski definition) is 3. The fraction of sp³-hybridized carbons (Fsp3) is 0.650. The van der Waals surface area contributed by atoms with Crippen molar-refractivity contribution < 1.29 is 13.2 Å². The van der Waals surface area contributed by atoms with Crippen molar-refractivity contribution in [2.75, 3.05) is 13.6 Å². The first kappa shape index (κ1) is 20.9. The van der Waals surface area contributed by atoms with Gasteiger partial charge in [-0.1, -0.05) is 20.8 Å². The van der Waals surface area contributed by atoms with Crippen LogP contribution in [0.1, 0.15) is 64.2 Å². The van der Waals surface area contributed by atoms with Crippen LogP contribution in [0, 0.1) is 5.41 Å². The average molecular weight is 381 g/mol. The molecule has 2 rings (SSSR count). The Morgan fingerprint density at radius 2 is 1.81 bits per heavy atom. The van der Waals surface area contributed by atoms with Crippen LogP contribution >= 0.6 is 0 Å². The first-order valence-corrected chi connectivity index (χ1v) is 10.8. The molecule has 1 aliphatic rings. The van der Waals surface area contributed by atoms with Gasteiger partial charge in [-0.25, -0.2) is 8.42 Å². The van der Waals surface area contributed by atoms with Crippen molar-refractivity contribution in [1.29, 1.82) is 0 Å². The Morgan fingerprint density at radius 3 is 2.31 bits per heavy atom. The molecule has 1 unspecified atom stereocenters. The van der Waals surface area contributed by atoms with Crippen molar-refractivity contribution in [1.82, 2.24) is 9.21 Å². The number of carbonyl (C=O) groups is 1. The summed E-state index contributed by atoms with van der Waals surface area (Å²) in [5.74, 6) is -0.00193. The molecule has 5 nitrogen and oxygen atoms in total. The van der Waals surface area contributed by atoms with Gasteiger partial charge in [0.15, 0.2) is 0 Å². The molecule has 0 spiro atoms. The molecule has 0 aliphatic carbocycles. The first-order chi connectivity index (χ1) is 11.9. The maximum absolute atomic E-state index is 12.9. The third-order valence-corrected chi connectivity index (χ3v) is 7.04. The summed E-state index contributed by atoms with van der Waals surface area (Å²) in [7, 11) is -1.96. The van der Waals surface area contributed by atoms with Crippen LogP contribution in [-0.4, -0.2) is 49.2 Å². The highest BCUT2D eigenvalue weighted by molar-refractivity contribution is 7.89. The van der Waals surface area contributed by atoms with Crippen LogP contribution in [-0.2, 0) is 10.0 Å². The molecular formula is C20H32N2O3S. The van der Waals surface area contributed by atoms with Gasteiger partial charge in [-0.3, -0.25) is 4.79 Å². The molecule has 0 bridgehead atoms. The van der Waals surface area contributed by atoms with Crippen molar-refractivity contribution in [3.8, 4) is 0 Å². The minimum absolute atomic E-state index is 0.00193. The molecule has 0 N–H and O–H groups in total. The second-order valence-electron chi connectivity index (χ2n) is 8.70. The molecular weight excluding hydrogens is 348 g/mol. The van der Waals surface area contributed by atoms with Crippen LogP contribution in [0.15, 0.2) is 29.2 Å². The maximum atomic E-state index is 12.9. The molecule has 0 radical (unpaired) electrons. The number of benzene rings is 1. The Kier molecular flexibility index (Phi) is 6.18. The van der Waals surface area contributed by atoms with E-state index in [9.17, 15) is 13.2 Å². The third kappa shape index (κ3) is 4.65. The van der Waals surface area contributed by atoms with Gasteiger partial charge in [-0.2, -0.15) is 4.31 Å². The fourth-order valence-electron chi connectivity index (χ4n) is 3.40. The fourth-order valence-corrected chi connectivity index (χ4v) is 4.77. The van der Waals surface area contributed by atoms with Crippen LogP contribution in [0.25, 0.3) is 0 Å². The zero-order valence-electron chi connectivity index (χ0n) is 16.8. The quantitative estimate of drug-likeness (QED) is 0.781. The van der Waals surface area contributed by atoms with Crippen LogP contribution in [0.3, 0.4) is 0 Å². The van der Waals surface area contributed by atoms with E-state index in [2.05, 4.69) is 20.8 Å². The molecule has 1 aliphatic heterocycles. The van der Waals surface area contributed by atoms with Crippen LogP contribution in [0.2, 0.25) is 0 Å². The lowest BCUT2D eigenvalue weighted by Gasteiger charge is -2.30. The standard InChI is InChI=1S/C20H32N2O3S/c1-15(2)21(6)26(24,25)18-11-9-16(10-12-18)19(23)22-13-7-8-17(22)14-20(3,4)5/h9-12,15,17H,7-8,13-14H2,1-6H3. The number of hydrogen-bond donors (Lipinski definition) is 0. The van der Waals surface area contributed by atoms with Crippen LogP contribution < -0.4 is 0 Å². The van der Waals surface area contributed by atoms with Gasteiger partial charge in [0.05, 0.1) is 4.90 Å². The van der Waals surface area contributed by atoms with E-state index in [0.717, 1.165) is 25.8 Å². The Balaban J connectivity index is 2.19. The predicted molar refractivity (Wildman–Crippen MR) is 105 cm³/mol. The van der Waals surface area contributed by atoms with Gasteiger partial charge in [0, 0.05) is 31.2 Å². The Hall–Kier alpha value is -1.40. The number of sulfonamides is 1. The Bertz CT molecular complexity index is 733. The summed E-state index contributed by atoms with van der Waals surface area (Å²) >= 11 is 0. The van der Waals surface area contributed by atoms with Crippen molar-refractivity contribution in [2.45, 2.75) is 70.9 Å². The summed E-state index contributed by atoms with van der Waals surface area (Å²) in [6, 6.07) is 6.49. The molecule has 6 heteroatoms. The molecule has 146 valence electrons. The molecule has 1 heterocycles. The number of carbonyl (C=O) groups excluding carboxylic acids is 1. The normalized spacial score (nSPS) is 18.8. The lowest BCUT2D eigenvalue weighted by molar-refractivity contribution is 0.0704. The monoisotopic (exact) mass is 380 g/mol. The van der Waals surface area contributed by atoms with E-state index in [1.165, 1.54) is 16.4 Å². The summed E-state index contributed by atoms with van der Waals surface area (Å²) < 4.78 is 26.4. The summed E-state index contributed by atoms with van der Waals surface area (Å²) in [4.78, 5) is 15.1. The van der Waals surface area contributed by atoms with Gasteiger partial charge in [0.1, 0.15) is 0 Å². The lowest BCUT2D eigenvalue weighted by Crippen LogP contribution is -2.37. The molecule has 0 aromatic heterocycles. The number of amides is 1. The highest BCUT2D eigenvalue weighted by Gasteiger charge is 2.32. The molecule has 0 saturated carbocycles. The highest BCUT2D eigenvalue weighted by atomic mass is 32.2. The summed E-state index contributed by atoms with van der Waals surface area (Å²) in [6.07, 6.45) is 3.04. The van der Waals surface area contributed by atoms with Crippen LogP contribution in [0.5, 0.6) is 0 Å². The molecule has 26 heavy (non-hydrogen) atoms. The molecule has 1 atom stereocenters. The molecule has 1 amide bonds. The van der Waals surface area contributed by atoms with Crippen molar-refractivity contribution in [2.24, 2.45) is 5.41 Å². The van der Waals surface area contributed by atoms with E-state index in [1.807, 2.05) is 18.7 Å². The van der Waals surface area contributed by atoms with Gasteiger partial charge < -0.3 is 4.90 Å². The van der Waals surface area contributed by atoms with Gasteiger partial charge in [0.2, 0.25) is 10.0 Å². The van der Waals surface area contributed by atoms with E-state index >= 15 is 0 Å². The minimum atomic E-state index is -3.53. The second kappa shape index (κ2) is 7.69. The van der Waals surface area contributed by atoms with E-state index < -0.39 is 10.0 Å². The average Bonchev–Trinajstić information content (AvgIpc) is 2.99. The third-order valence-electron chi connectivity index (χ3n) is 4.99. The minimum Gasteiger partial charge on any atom is -0.336 e. The van der Waals surface area contributed by atoms with E-state index in [4.69, 9.17) is 0 Å². The largest absolute Gasteiger partial charge is 0.336 e. The van der Waals surface area contributed by atoms with Gasteiger partial charge in [0.25, 0.3) is 5.91 Å². The summed E-state index contributed by atoms with van der Waals surface area (Å²) in [6.45, 7) is 11.0. The van der Waals surface area contributed by atoms with Crippen molar-refractivity contribution in [3.63, 3.8) is 0 Å². The van der Waals surface area contributed by atoms with Crippen LogP contribution in [0.4, 0.5) is 0 Å². The van der Waals surface area contributed by atoms with Crippen molar-refractivity contribution >= 4 is 15.9 Å². The van der Waals surface area contributed by atoms with E-state index in [1.54, 1.807) is 19.2 Å². The number of nitrogens with zero attached hydrogens (tertiary/aromatic N) is 2. The van der Waals surface area contributed by atoms with E-state index in [-0.39, 0.29) is 28.3 Å². The Labute approximate surface area is 158 Å². The van der Waals surface area contributed by atoms with E-state index in [0.29, 0.717) is 5.56 Å². The lowest BCUT2D eigenvalue weighted by atomic mass is 9.87. The molecule has 1 fully saturated rings. The van der Waals surface area contributed by atoms with Gasteiger partial charge in [-0.15, -0.1) is 0 Å². The zero-order valence-corrected chi connectivity index (χ0v) is 17.6. The number of rotatable bonds is 5. The summed E-state index contributed by atoms with van der Waals surface area (Å²) in [5.41, 5.74) is 0.726.